The minimum absolute atomic E-state index is 0.133. The molecule has 2 aliphatic heterocycles. The van der Waals surface area contributed by atoms with Crippen LogP contribution in [-0.2, 0) is 0 Å². The van der Waals surface area contributed by atoms with Crippen molar-refractivity contribution in [3.63, 3.8) is 0 Å². The standard InChI is InChI=1S/C21H30N6O2/c1-15-13-16(2)23-20(22-15)27-18(28)14-17(24-27)19(29)25-11-7-21(3,8-12-25)26-9-5-4-6-10-26/h13-14,24H,4-12H2,1-3H3. The molecule has 0 saturated carbocycles. The van der Waals surface area contributed by atoms with Gasteiger partial charge in [0.2, 0.25) is 0 Å². The molecule has 0 bridgehead atoms. The summed E-state index contributed by atoms with van der Waals surface area (Å²) in [5.41, 5.74) is 1.68. The van der Waals surface area contributed by atoms with E-state index in [-0.39, 0.29) is 23.0 Å². The van der Waals surface area contributed by atoms with Gasteiger partial charge in [-0.15, -0.1) is 0 Å². The quantitative estimate of drug-likeness (QED) is 0.855. The summed E-state index contributed by atoms with van der Waals surface area (Å²) in [5, 5.41) is 2.91. The molecule has 29 heavy (non-hydrogen) atoms. The number of H-pyrrole nitrogens is 1. The Morgan fingerprint density at radius 3 is 2.24 bits per heavy atom. The van der Waals surface area contributed by atoms with Crippen molar-refractivity contribution in [1.82, 2.24) is 29.5 Å². The van der Waals surface area contributed by atoms with Gasteiger partial charge in [0, 0.05) is 36.1 Å². The molecule has 2 saturated heterocycles. The third-order valence-corrected chi connectivity index (χ3v) is 6.37. The predicted octanol–water partition coefficient (Wildman–Crippen LogP) is 2.05. The van der Waals surface area contributed by atoms with Gasteiger partial charge in [-0.3, -0.25) is 19.6 Å². The number of amides is 1. The molecule has 8 heteroatoms. The molecule has 0 atom stereocenters. The summed E-state index contributed by atoms with van der Waals surface area (Å²) >= 11 is 0. The van der Waals surface area contributed by atoms with E-state index in [9.17, 15) is 9.59 Å². The van der Waals surface area contributed by atoms with Gasteiger partial charge in [-0.1, -0.05) is 6.42 Å². The largest absolute Gasteiger partial charge is 0.337 e. The Kier molecular flexibility index (Phi) is 5.29. The number of piperidine rings is 2. The first-order chi connectivity index (χ1) is 13.9. The molecule has 0 aromatic carbocycles. The van der Waals surface area contributed by atoms with Crippen molar-refractivity contribution in [2.45, 2.75) is 58.4 Å². The number of hydrogen-bond acceptors (Lipinski definition) is 5. The average Bonchev–Trinajstić information content (AvgIpc) is 3.10. The minimum Gasteiger partial charge on any atom is -0.337 e. The number of aromatic nitrogens is 4. The molecule has 2 aromatic heterocycles. The molecule has 4 rings (SSSR count). The normalized spacial score (nSPS) is 20.0. The van der Waals surface area contributed by atoms with Crippen LogP contribution in [-0.4, -0.2) is 67.2 Å². The van der Waals surface area contributed by atoms with E-state index in [4.69, 9.17) is 0 Å². The molecule has 0 radical (unpaired) electrons. The van der Waals surface area contributed by atoms with Crippen molar-refractivity contribution in [2.75, 3.05) is 26.2 Å². The number of likely N-dealkylation sites (tertiary alicyclic amines) is 2. The number of hydrogen-bond donors (Lipinski definition) is 1. The second kappa shape index (κ2) is 7.74. The maximum Gasteiger partial charge on any atom is 0.274 e. The van der Waals surface area contributed by atoms with Crippen LogP contribution in [0.3, 0.4) is 0 Å². The zero-order valence-corrected chi connectivity index (χ0v) is 17.6. The van der Waals surface area contributed by atoms with Crippen LogP contribution in [0.25, 0.3) is 5.95 Å². The Balaban J connectivity index is 1.47. The fourth-order valence-corrected chi connectivity index (χ4v) is 4.57. The summed E-state index contributed by atoms with van der Waals surface area (Å²) in [6.07, 6.45) is 5.79. The number of aryl methyl sites for hydroxylation is 2. The van der Waals surface area contributed by atoms with Gasteiger partial charge in [0.1, 0.15) is 5.69 Å². The zero-order valence-electron chi connectivity index (χ0n) is 17.6. The van der Waals surface area contributed by atoms with Gasteiger partial charge in [-0.05, 0) is 65.6 Å². The van der Waals surface area contributed by atoms with Crippen LogP contribution < -0.4 is 5.56 Å². The van der Waals surface area contributed by atoms with E-state index < -0.39 is 0 Å². The van der Waals surface area contributed by atoms with E-state index in [1.165, 1.54) is 30.0 Å². The lowest BCUT2D eigenvalue weighted by Gasteiger charge is -2.48. The third kappa shape index (κ3) is 3.99. The third-order valence-electron chi connectivity index (χ3n) is 6.37. The molecule has 0 aliphatic carbocycles. The number of carbonyl (C=O) groups excluding carboxylic acids is 1. The lowest BCUT2D eigenvalue weighted by Crippen LogP contribution is -2.55. The van der Waals surface area contributed by atoms with E-state index in [2.05, 4.69) is 26.9 Å². The van der Waals surface area contributed by atoms with Crippen LogP contribution in [0.5, 0.6) is 0 Å². The van der Waals surface area contributed by atoms with Gasteiger partial charge in [-0.25, -0.2) is 9.97 Å². The molecule has 0 spiro atoms. The molecule has 2 fully saturated rings. The van der Waals surface area contributed by atoms with Crippen molar-refractivity contribution >= 4 is 5.91 Å². The molecule has 2 aliphatic rings. The summed E-state index contributed by atoms with van der Waals surface area (Å²) in [5.74, 6) is 0.133. The second-order valence-electron chi connectivity index (χ2n) is 8.63. The number of nitrogens with one attached hydrogen (secondary N) is 1. The predicted molar refractivity (Wildman–Crippen MR) is 110 cm³/mol. The molecule has 2 aromatic rings. The first-order valence-corrected chi connectivity index (χ1v) is 10.5. The Bertz CT molecular complexity index is 928. The molecule has 1 N–H and O–H groups in total. The van der Waals surface area contributed by atoms with E-state index in [0.29, 0.717) is 18.8 Å². The zero-order chi connectivity index (χ0) is 20.6. The summed E-state index contributed by atoms with van der Waals surface area (Å²) < 4.78 is 1.25. The van der Waals surface area contributed by atoms with Crippen molar-refractivity contribution in [3.05, 3.63) is 39.6 Å². The summed E-state index contributed by atoms with van der Waals surface area (Å²) in [7, 11) is 0. The fourth-order valence-electron chi connectivity index (χ4n) is 4.57. The molecule has 1 amide bonds. The van der Waals surface area contributed by atoms with Crippen LogP contribution in [0.2, 0.25) is 0 Å². The van der Waals surface area contributed by atoms with Crippen molar-refractivity contribution in [1.29, 1.82) is 0 Å². The number of carbonyl (C=O) groups is 1. The van der Waals surface area contributed by atoms with Gasteiger partial charge < -0.3 is 4.90 Å². The van der Waals surface area contributed by atoms with Gasteiger partial charge in [0.25, 0.3) is 17.4 Å². The molecular formula is C21H30N6O2. The van der Waals surface area contributed by atoms with Gasteiger partial charge >= 0.3 is 0 Å². The average molecular weight is 399 g/mol. The Hall–Kier alpha value is -2.48. The van der Waals surface area contributed by atoms with Gasteiger partial charge in [-0.2, -0.15) is 4.68 Å². The summed E-state index contributed by atoms with van der Waals surface area (Å²) in [4.78, 5) is 38.5. The SMILES string of the molecule is Cc1cc(C)nc(-n2[nH]c(C(=O)N3CCC(C)(N4CCCCC4)CC3)cc2=O)n1. The van der Waals surface area contributed by atoms with Crippen LogP contribution in [0, 0.1) is 13.8 Å². The monoisotopic (exact) mass is 398 g/mol. The minimum atomic E-state index is -0.325. The summed E-state index contributed by atoms with van der Waals surface area (Å²) in [6.45, 7) is 9.78. The smallest absolute Gasteiger partial charge is 0.274 e. The second-order valence-corrected chi connectivity index (χ2v) is 8.63. The highest BCUT2D eigenvalue weighted by Crippen LogP contribution is 2.31. The van der Waals surface area contributed by atoms with Crippen molar-refractivity contribution in [2.24, 2.45) is 0 Å². The van der Waals surface area contributed by atoms with E-state index in [0.717, 1.165) is 37.3 Å². The lowest BCUT2D eigenvalue weighted by atomic mass is 9.86. The maximum atomic E-state index is 13.0. The summed E-state index contributed by atoms with van der Waals surface area (Å²) in [6, 6.07) is 3.19. The van der Waals surface area contributed by atoms with Crippen LogP contribution in [0.15, 0.2) is 16.9 Å². The van der Waals surface area contributed by atoms with E-state index in [1.54, 1.807) is 0 Å². The first kappa shape index (κ1) is 19.8. The fraction of sp³-hybridized carbons (Fsp3) is 0.619. The highest BCUT2D eigenvalue weighted by molar-refractivity contribution is 5.92. The number of nitrogens with zero attached hydrogens (tertiary/aromatic N) is 5. The van der Waals surface area contributed by atoms with Gasteiger partial charge in [0.05, 0.1) is 0 Å². The molecule has 0 unspecified atom stereocenters. The highest BCUT2D eigenvalue weighted by Gasteiger charge is 2.37. The lowest BCUT2D eigenvalue weighted by molar-refractivity contribution is 0.0201. The molecule has 8 nitrogen and oxygen atoms in total. The maximum absolute atomic E-state index is 13.0. The first-order valence-electron chi connectivity index (χ1n) is 10.5. The highest BCUT2D eigenvalue weighted by atomic mass is 16.2. The van der Waals surface area contributed by atoms with Crippen LogP contribution in [0.1, 0.15) is 60.9 Å². The van der Waals surface area contributed by atoms with Crippen molar-refractivity contribution in [3.8, 4) is 5.95 Å². The molecular weight excluding hydrogens is 368 g/mol. The number of aromatic amines is 1. The Labute approximate surface area is 170 Å². The van der Waals surface area contributed by atoms with Crippen LogP contribution >= 0.6 is 0 Å². The van der Waals surface area contributed by atoms with Crippen molar-refractivity contribution < 1.29 is 4.79 Å². The Morgan fingerprint density at radius 2 is 1.62 bits per heavy atom. The Morgan fingerprint density at radius 1 is 1.00 bits per heavy atom. The van der Waals surface area contributed by atoms with Crippen LogP contribution in [0.4, 0.5) is 0 Å². The van der Waals surface area contributed by atoms with E-state index >= 15 is 0 Å². The topological polar surface area (TPSA) is 87.1 Å². The molecule has 4 heterocycles. The number of rotatable bonds is 3. The van der Waals surface area contributed by atoms with E-state index in [1.807, 2.05) is 24.8 Å². The van der Waals surface area contributed by atoms with Gasteiger partial charge in [0.15, 0.2) is 0 Å². The molecule has 156 valence electrons.